The summed E-state index contributed by atoms with van der Waals surface area (Å²) in [5.74, 6) is -0.0562. The van der Waals surface area contributed by atoms with E-state index in [0.717, 1.165) is 44.9 Å². The fourth-order valence-electron chi connectivity index (χ4n) is 10.6. The molecule has 3 N–H and O–H groups in total. The first-order chi connectivity index (χ1) is 36.5. The van der Waals surface area contributed by atoms with Gasteiger partial charge >= 0.3 is 5.97 Å². The molecule has 6 nitrogen and oxygen atoms in total. The van der Waals surface area contributed by atoms with Crippen molar-refractivity contribution in [3.05, 3.63) is 24.3 Å². The molecule has 1 amide bonds. The molecule has 0 heterocycles. The predicted octanol–water partition coefficient (Wildman–Crippen LogP) is 21.4. The number of esters is 1. The van der Waals surface area contributed by atoms with Gasteiger partial charge in [0.1, 0.15) is 0 Å². The van der Waals surface area contributed by atoms with E-state index in [1.165, 1.54) is 302 Å². The van der Waals surface area contributed by atoms with Gasteiger partial charge in [-0.1, -0.05) is 327 Å². The fourth-order valence-corrected chi connectivity index (χ4v) is 10.6. The van der Waals surface area contributed by atoms with E-state index in [1.54, 1.807) is 6.08 Å². The standard InChI is InChI=1S/C68H131NO5/c1-3-5-7-9-11-13-15-17-19-21-29-32-36-40-44-48-52-56-60-66(71)65(64-70)69-67(72)61-57-53-49-45-41-37-33-30-27-25-23-22-24-26-28-31-35-39-43-47-51-55-59-63-74-68(73)62-58-54-50-46-42-38-34-20-18-16-14-12-10-8-6-4-2/h25,27,56,60,65-66,70-71H,3-24,26,28-55,57-59,61-64H2,1-2H3,(H,69,72)/b27-25-,60-56+. The van der Waals surface area contributed by atoms with Crippen molar-refractivity contribution in [2.75, 3.05) is 13.2 Å². The Morgan fingerprint density at radius 1 is 0.365 bits per heavy atom. The van der Waals surface area contributed by atoms with Gasteiger partial charge < -0.3 is 20.3 Å². The van der Waals surface area contributed by atoms with E-state index in [-0.39, 0.29) is 18.5 Å². The largest absolute Gasteiger partial charge is 0.466 e. The molecule has 6 heteroatoms. The summed E-state index contributed by atoms with van der Waals surface area (Å²) in [5.41, 5.74) is 0. The van der Waals surface area contributed by atoms with Gasteiger partial charge in [0, 0.05) is 12.8 Å². The van der Waals surface area contributed by atoms with Gasteiger partial charge in [0.05, 0.1) is 25.4 Å². The highest BCUT2D eigenvalue weighted by Crippen LogP contribution is 2.18. The van der Waals surface area contributed by atoms with Crippen molar-refractivity contribution in [1.82, 2.24) is 5.32 Å². The number of aliphatic hydroxyl groups is 2. The second kappa shape index (κ2) is 63.9. The predicted molar refractivity (Wildman–Crippen MR) is 324 cm³/mol. The number of aliphatic hydroxyl groups excluding tert-OH is 2. The van der Waals surface area contributed by atoms with E-state index >= 15 is 0 Å². The lowest BCUT2D eigenvalue weighted by atomic mass is 10.0. The average molecular weight is 1040 g/mol. The summed E-state index contributed by atoms with van der Waals surface area (Å²) in [4.78, 5) is 24.6. The van der Waals surface area contributed by atoms with Crippen LogP contribution >= 0.6 is 0 Å². The van der Waals surface area contributed by atoms with Gasteiger partial charge in [-0.3, -0.25) is 9.59 Å². The Morgan fingerprint density at radius 3 is 0.959 bits per heavy atom. The second-order valence-corrected chi connectivity index (χ2v) is 23.2. The Hall–Kier alpha value is -1.66. The van der Waals surface area contributed by atoms with Crippen LogP contribution in [0.3, 0.4) is 0 Å². The Balaban J connectivity index is 3.42. The van der Waals surface area contributed by atoms with Crippen LogP contribution in [0.15, 0.2) is 24.3 Å². The van der Waals surface area contributed by atoms with Crippen molar-refractivity contribution in [1.29, 1.82) is 0 Å². The zero-order valence-corrected chi connectivity index (χ0v) is 50.1. The van der Waals surface area contributed by atoms with Crippen molar-refractivity contribution in [3.8, 4) is 0 Å². The molecule has 2 atom stereocenters. The third-order valence-electron chi connectivity index (χ3n) is 15.7. The molecule has 2 unspecified atom stereocenters. The molecule has 0 saturated heterocycles. The minimum absolute atomic E-state index is 0.0151. The number of unbranched alkanes of at least 4 members (excludes halogenated alkanes) is 50. The molecule has 0 radical (unpaired) electrons. The van der Waals surface area contributed by atoms with E-state index in [0.29, 0.717) is 19.4 Å². The van der Waals surface area contributed by atoms with Crippen molar-refractivity contribution in [2.45, 2.75) is 386 Å². The molecular weight excluding hydrogens is 911 g/mol. The maximum absolute atomic E-state index is 12.5. The lowest BCUT2D eigenvalue weighted by Gasteiger charge is -2.20. The van der Waals surface area contributed by atoms with Gasteiger partial charge in [0.15, 0.2) is 0 Å². The highest BCUT2D eigenvalue weighted by Gasteiger charge is 2.18. The topological polar surface area (TPSA) is 95.9 Å². The molecule has 0 aromatic heterocycles. The Bertz CT molecular complexity index is 1150. The monoisotopic (exact) mass is 1040 g/mol. The average Bonchev–Trinajstić information content (AvgIpc) is 3.40. The number of rotatable bonds is 63. The molecule has 0 aromatic rings. The van der Waals surface area contributed by atoms with Crippen molar-refractivity contribution in [2.24, 2.45) is 0 Å². The second-order valence-electron chi connectivity index (χ2n) is 23.2. The summed E-state index contributed by atoms with van der Waals surface area (Å²) in [6.45, 7) is 4.94. The number of ether oxygens (including phenoxy) is 1. The van der Waals surface area contributed by atoms with Gasteiger partial charge in [-0.25, -0.2) is 0 Å². The summed E-state index contributed by atoms with van der Waals surface area (Å²) >= 11 is 0. The minimum Gasteiger partial charge on any atom is -0.466 e. The lowest BCUT2D eigenvalue weighted by Crippen LogP contribution is -2.45. The summed E-state index contributed by atoms with van der Waals surface area (Å²) in [5, 5.41) is 23.2. The van der Waals surface area contributed by atoms with Crippen LogP contribution < -0.4 is 5.32 Å². The zero-order chi connectivity index (χ0) is 53.6. The molecule has 74 heavy (non-hydrogen) atoms. The molecule has 0 rings (SSSR count). The minimum atomic E-state index is -0.849. The first-order valence-electron chi connectivity index (χ1n) is 33.6. The highest BCUT2D eigenvalue weighted by atomic mass is 16.5. The number of allylic oxidation sites excluding steroid dienone is 3. The van der Waals surface area contributed by atoms with E-state index in [1.807, 2.05) is 6.08 Å². The Labute approximate surface area is 462 Å². The Kier molecular flexibility index (Phi) is 62.4. The van der Waals surface area contributed by atoms with E-state index in [4.69, 9.17) is 4.74 Å². The highest BCUT2D eigenvalue weighted by molar-refractivity contribution is 5.76. The van der Waals surface area contributed by atoms with Crippen LogP contribution in [-0.4, -0.2) is 47.4 Å². The molecule has 438 valence electrons. The molecule has 0 aromatic carbocycles. The van der Waals surface area contributed by atoms with E-state index in [9.17, 15) is 19.8 Å². The van der Waals surface area contributed by atoms with Crippen LogP contribution in [0.1, 0.15) is 373 Å². The number of hydrogen-bond acceptors (Lipinski definition) is 5. The zero-order valence-electron chi connectivity index (χ0n) is 50.1. The maximum Gasteiger partial charge on any atom is 0.305 e. The lowest BCUT2D eigenvalue weighted by molar-refractivity contribution is -0.143. The number of nitrogens with one attached hydrogen (secondary N) is 1. The van der Waals surface area contributed by atoms with E-state index < -0.39 is 12.1 Å². The quantitative estimate of drug-likeness (QED) is 0.0320. The van der Waals surface area contributed by atoms with Gasteiger partial charge in [-0.15, -0.1) is 0 Å². The van der Waals surface area contributed by atoms with Crippen LogP contribution in [0.25, 0.3) is 0 Å². The molecule has 0 saturated carbocycles. The third-order valence-corrected chi connectivity index (χ3v) is 15.7. The molecule has 0 aliphatic heterocycles. The molecule has 0 fully saturated rings. The number of carbonyl (C=O) groups excluding carboxylic acids is 2. The number of amides is 1. The summed E-state index contributed by atoms with van der Waals surface area (Å²) in [6, 6.07) is -0.633. The van der Waals surface area contributed by atoms with E-state index in [2.05, 4.69) is 31.3 Å². The van der Waals surface area contributed by atoms with Crippen LogP contribution in [0, 0.1) is 0 Å². The number of carbonyl (C=O) groups is 2. The van der Waals surface area contributed by atoms with Crippen LogP contribution in [0.2, 0.25) is 0 Å². The SMILES string of the molecule is CCCCCCCCCCCCCCCCCC/C=C/C(O)C(CO)NC(=O)CCCCCCCCC/C=C\CCCCCCCCCCCCCCOC(=O)CCCCCCCCCCCCCCCCCC. The van der Waals surface area contributed by atoms with Crippen LogP contribution in [0.4, 0.5) is 0 Å². The molecule has 0 bridgehead atoms. The normalized spacial score (nSPS) is 12.6. The molecule has 0 aliphatic carbocycles. The van der Waals surface area contributed by atoms with Crippen molar-refractivity contribution in [3.63, 3.8) is 0 Å². The fraction of sp³-hybridized carbons (Fsp3) is 0.912. The summed E-state index contributed by atoms with van der Waals surface area (Å²) in [7, 11) is 0. The molecular formula is C68H131NO5. The molecule has 0 spiro atoms. The van der Waals surface area contributed by atoms with Crippen LogP contribution in [-0.2, 0) is 14.3 Å². The van der Waals surface area contributed by atoms with Gasteiger partial charge in [-0.2, -0.15) is 0 Å². The van der Waals surface area contributed by atoms with Crippen LogP contribution in [0.5, 0.6) is 0 Å². The van der Waals surface area contributed by atoms with Gasteiger partial charge in [0.2, 0.25) is 5.91 Å². The third kappa shape index (κ3) is 59.6. The summed E-state index contributed by atoms with van der Waals surface area (Å²) < 4.78 is 5.50. The Morgan fingerprint density at radius 2 is 0.635 bits per heavy atom. The van der Waals surface area contributed by atoms with Gasteiger partial charge in [-0.05, 0) is 57.8 Å². The summed E-state index contributed by atoms with van der Waals surface area (Å²) in [6.07, 6.45) is 79.5. The number of hydrogen-bond donors (Lipinski definition) is 3. The maximum atomic E-state index is 12.5. The van der Waals surface area contributed by atoms with Crippen molar-refractivity contribution < 1.29 is 24.5 Å². The van der Waals surface area contributed by atoms with Gasteiger partial charge in [0.25, 0.3) is 0 Å². The smallest absolute Gasteiger partial charge is 0.305 e. The first kappa shape index (κ1) is 72.3. The molecule has 0 aliphatic rings. The van der Waals surface area contributed by atoms with Crippen molar-refractivity contribution >= 4 is 11.9 Å². The first-order valence-corrected chi connectivity index (χ1v) is 33.6.